The number of pyridine rings is 1. The molecule has 2 atom stereocenters. The van der Waals surface area contributed by atoms with E-state index in [9.17, 15) is 4.79 Å². The van der Waals surface area contributed by atoms with Crippen LogP contribution in [0.5, 0.6) is 5.88 Å². The van der Waals surface area contributed by atoms with Gasteiger partial charge in [-0.2, -0.15) is 0 Å². The predicted octanol–water partition coefficient (Wildman–Crippen LogP) is 3.35. The average Bonchev–Trinajstić information content (AvgIpc) is 2.62. The smallest absolute Gasteiger partial charge is 0.257 e. The minimum atomic E-state index is -0.192. The Kier molecular flexibility index (Phi) is 5.73. The number of hydrogen-bond donors (Lipinski definition) is 1. The number of carbonyl (C=O) groups excluding carboxylic acids is 1. The Balaban J connectivity index is 1.76. The quantitative estimate of drug-likeness (QED) is 0.891. The maximum Gasteiger partial charge on any atom is 0.257 e. The molecule has 2 heterocycles. The van der Waals surface area contributed by atoms with Gasteiger partial charge in [-0.1, -0.05) is 12.1 Å². The van der Waals surface area contributed by atoms with Crippen LogP contribution in [0.3, 0.4) is 0 Å². The molecule has 1 aromatic heterocycles. The third-order valence-corrected chi connectivity index (χ3v) is 4.20. The van der Waals surface area contributed by atoms with Gasteiger partial charge in [-0.25, -0.2) is 4.98 Å². The summed E-state index contributed by atoms with van der Waals surface area (Å²) in [5.74, 6) is 0.322. The minimum Gasteiger partial charge on any atom is -0.478 e. The lowest BCUT2D eigenvalue weighted by Crippen LogP contribution is -2.45. The first-order valence-electron chi connectivity index (χ1n) is 8.96. The van der Waals surface area contributed by atoms with Gasteiger partial charge in [-0.3, -0.25) is 4.79 Å². The summed E-state index contributed by atoms with van der Waals surface area (Å²) >= 11 is 0. The van der Waals surface area contributed by atoms with Crippen LogP contribution < -0.4 is 15.0 Å². The van der Waals surface area contributed by atoms with Gasteiger partial charge in [0.15, 0.2) is 0 Å². The van der Waals surface area contributed by atoms with Gasteiger partial charge in [0.05, 0.1) is 35.8 Å². The molecular formula is C20H25N3O3. The summed E-state index contributed by atoms with van der Waals surface area (Å²) in [5.41, 5.74) is 2.28. The average molecular weight is 355 g/mol. The van der Waals surface area contributed by atoms with Crippen LogP contribution in [-0.4, -0.2) is 42.8 Å². The van der Waals surface area contributed by atoms with E-state index in [0.29, 0.717) is 18.1 Å². The molecule has 1 saturated heterocycles. The number of benzene rings is 1. The van der Waals surface area contributed by atoms with E-state index in [1.165, 1.54) is 6.20 Å². The first kappa shape index (κ1) is 18.2. The second-order valence-corrected chi connectivity index (χ2v) is 6.45. The van der Waals surface area contributed by atoms with Gasteiger partial charge in [0.25, 0.3) is 5.91 Å². The monoisotopic (exact) mass is 355 g/mol. The first-order valence-corrected chi connectivity index (χ1v) is 8.96. The standard InChI is InChI=1S/C20H25N3O3/c1-4-25-19-10-9-16(11-21-19)20(24)22-17-7-5-6-8-18(17)23-12-14(2)26-15(3)13-23/h5-11,14-15H,4,12-13H2,1-3H3,(H,22,24)/t14-,15-/m1/s1. The number of anilines is 2. The summed E-state index contributed by atoms with van der Waals surface area (Å²) < 4.78 is 11.1. The van der Waals surface area contributed by atoms with E-state index in [1.54, 1.807) is 12.1 Å². The van der Waals surface area contributed by atoms with Gasteiger partial charge in [0.2, 0.25) is 5.88 Å². The third-order valence-electron chi connectivity index (χ3n) is 4.20. The topological polar surface area (TPSA) is 63.7 Å². The van der Waals surface area contributed by atoms with Crippen LogP contribution in [-0.2, 0) is 4.74 Å². The Hall–Kier alpha value is -2.60. The highest BCUT2D eigenvalue weighted by Crippen LogP contribution is 2.29. The number of ether oxygens (including phenoxy) is 2. The Morgan fingerprint density at radius 1 is 1.23 bits per heavy atom. The highest BCUT2D eigenvalue weighted by Gasteiger charge is 2.24. The van der Waals surface area contributed by atoms with Crippen molar-refractivity contribution in [2.75, 3.05) is 29.9 Å². The number of nitrogens with zero attached hydrogens (tertiary/aromatic N) is 2. The molecule has 1 aliphatic heterocycles. The van der Waals surface area contributed by atoms with Gasteiger partial charge in [0, 0.05) is 25.4 Å². The van der Waals surface area contributed by atoms with E-state index in [-0.39, 0.29) is 18.1 Å². The van der Waals surface area contributed by atoms with Crippen molar-refractivity contribution in [1.82, 2.24) is 4.98 Å². The molecule has 1 aromatic carbocycles. The molecule has 0 saturated carbocycles. The number of para-hydroxylation sites is 2. The molecule has 0 bridgehead atoms. The molecule has 1 fully saturated rings. The number of rotatable bonds is 5. The van der Waals surface area contributed by atoms with Crippen molar-refractivity contribution < 1.29 is 14.3 Å². The van der Waals surface area contributed by atoms with Gasteiger partial charge in [-0.05, 0) is 39.0 Å². The number of carbonyl (C=O) groups is 1. The van der Waals surface area contributed by atoms with E-state index in [0.717, 1.165) is 24.5 Å². The first-order chi connectivity index (χ1) is 12.6. The Morgan fingerprint density at radius 3 is 2.62 bits per heavy atom. The molecule has 1 aliphatic rings. The number of morpholine rings is 1. The van der Waals surface area contributed by atoms with Crippen LogP contribution in [0.15, 0.2) is 42.6 Å². The van der Waals surface area contributed by atoms with Crippen LogP contribution in [0.1, 0.15) is 31.1 Å². The zero-order valence-electron chi connectivity index (χ0n) is 15.4. The number of amides is 1. The van der Waals surface area contributed by atoms with E-state index >= 15 is 0 Å². The van der Waals surface area contributed by atoms with Crippen molar-refractivity contribution in [3.05, 3.63) is 48.2 Å². The fourth-order valence-corrected chi connectivity index (χ4v) is 3.17. The van der Waals surface area contributed by atoms with Gasteiger partial charge in [0.1, 0.15) is 0 Å². The van der Waals surface area contributed by atoms with Crippen molar-refractivity contribution in [3.63, 3.8) is 0 Å². The van der Waals surface area contributed by atoms with Crippen LogP contribution in [0, 0.1) is 0 Å². The second kappa shape index (κ2) is 8.19. The lowest BCUT2D eigenvalue weighted by Gasteiger charge is -2.37. The largest absolute Gasteiger partial charge is 0.478 e. The van der Waals surface area contributed by atoms with Gasteiger partial charge >= 0.3 is 0 Å². The zero-order valence-corrected chi connectivity index (χ0v) is 15.4. The molecule has 1 amide bonds. The van der Waals surface area contributed by atoms with E-state index < -0.39 is 0 Å². The van der Waals surface area contributed by atoms with Crippen LogP contribution in [0.25, 0.3) is 0 Å². The Bertz CT molecular complexity index is 738. The Morgan fingerprint density at radius 2 is 1.96 bits per heavy atom. The summed E-state index contributed by atoms with van der Waals surface area (Å²) in [6, 6.07) is 11.3. The predicted molar refractivity (Wildman–Crippen MR) is 102 cm³/mol. The molecule has 0 unspecified atom stereocenters. The molecule has 6 heteroatoms. The number of nitrogens with one attached hydrogen (secondary N) is 1. The minimum absolute atomic E-state index is 0.151. The molecule has 138 valence electrons. The highest BCUT2D eigenvalue weighted by molar-refractivity contribution is 6.05. The van der Waals surface area contributed by atoms with Crippen molar-refractivity contribution in [2.45, 2.75) is 33.0 Å². The SMILES string of the molecule is CCOc1ccc(C(=O)Nc2ccccc2N2C[C@@H](C)O[C@H](C)C2)cn1. The van der Waals surface area contributed by atoms with Crippen molar-refractivity contribution in [2.24, 2.45) is 0 Å². The van der Waals surface area contributed by atoms with Crippen molar-refractivity contribution in [3.8, 4) is 5.88 Å². The summed E-state index contributed by atoms with van der Waals surface area (Å²) in [4.78, 5) is 19.0. The molecule has 2 aromatic rings. The molecule has 3 rings (SSSR count). The normalized spacial score (nSPS) is 19.9. The summed E-state index contributed by atoms with van der Waals surface area (Å²) in [7, 11) is 0. The summed E-state index contributed by atoms with van der Waals surface area (Å²) in [5, 5.41) is 3.00. The summed E-state index contributed by atoms with van der Waals surface area (Å²) in [6.45, 7) is 8.16. The summed E-state index contributed by atoms with van der Waals surface area (Å²) in [6.07, 6.45) is 1.83. The van der Waals surface area contributed by atoms with Gasteiger partial charge < -0.3 is 19.7 Å². The highest BCUT2D eigenvalue weighted by atomic mass is 16.5. The van der Waals surface area contributed by atoms with Crippen molar-refractivity contribution >= 4 is 17.3 Å². The second-order valence-electron chi connectivity index (χ2n) is 6.45. The van der Waals surface area contributed by atoms with E-state index in [2.05, 4.69) is 29.0 Å². The molecule has 0 radical (unpaired) electrons. The zero-order chi connectivity index (χ0) is 18.5. The number of hydrogen-bond acceptors (Lipinski definition) is 5. The Labute approximate surface area is 154 Å². The van der Waals surface area contributed by atoms with E-state index in [1.807, 2.05) is 31.2 Å². The van der Waals surface area contributed by atoms with Gasteiger partial charge in [-0.15, -0.1) is 0 Å². The molecule has 0 aliphatic carbocycles. The lowest BCUT2D eigenvalue weighted by atomic mass is 10.1. The van der Waals surface area contributed by atoms with Crippen molar-refractivity contribution in [1.29, 1.82) is 0 Å². The maximum absolute atomic E-state index is 12.6. The fraction of sp³-hybridized carbons (Fsp3) is 0.400. The van der Waals surface area contributed by atoms with E-state index in [4.69, 9.17) is 9.47 Å². The lowest BCUT2D eigenvalue weighted by molar-refractivity contribution is -0.00517. The van der Waals surface area contributed by atoms with Crippen LogP contribution >= 0.6 is 0 Å². The molecular weight excluding hydrogens is 330 g/mol. The molecule has 1 N–H and O–H groups in total. The molecule has 0 spiro atoms. The fourth-order valence-electron chi connectivity index (χ4n) is 3.17. The third kappa shape index (κ3) is 4.32. The molecule has 6 nitrogen and oxygen atoms in total. The van der Waals surface area contributed by atoms with Crippen LogP contribution in [0.4, 0.5) is 11.4 Å². The molecule has 26 heavy (non-hydrogen) atoms. The number of aromatic nitrogens is 1. The maximum atomic E-state index is 12.6. The van der Waals surface area contributed by atoms with Crippen LogP contribution in [0.2, 0.25) is 0 Å².